The topological polar surface area (TPSA) is 78.9 Å². The number of hydrogen-bond donors (Lipinski definition) is 0. The van der Waals surface area contributed by atoms with Crippen molar-refractivity contribution in [2.24, 2.45) is 5.92 Å². The summed E-state index contributed by atoms with van der Waals surface area (Å²) in [5.74, 6) is 1.10. The van der Waals surface area contributed by atoms with Gasteiger partial charge in [-0.25, -0.2) is 0 Å². The van der Waals surface area contributed by atoms with Crippen molar-refractivity contribution in [2.45, 2.75) is 115 Å². The highest BCUT2D eigenvalue weighted by Gasteiger charge is 2.65. The van der Waals surface area contributed by atoms with Gasteiger partial charge in [-0.05, 0) is 65.2 Å². The number of Topliss-reactive ketones (excluding diaryl/α,β-unsaturated/α-hetero) is 3. The number of carbonyl (C=O) groups excluding carboxylic acids is 3. The second-order valence-electron chi connectivity index (χ2n) is 10.5. The third-order valence-electron chi connectivity index (χ3n) is 7.16. The van der Waals surface area contributed by atoms with Crippen LogP contribution < -0.4 is 0 Å². The van der Waals surface area contributed by atoms with Gasteiger partial charge in [0.25, 0.3) is 0 Å². The van der Waals surface area contributed by atoms with Crippen molar-refractivity contribution >= 4 is 17.3 Å². The fourth-order valence-corrected chi connectivity index (χ4v) is 6.49. The van der Waals surface area contributed by atoms with Crippen LogP contribution in [0.1, 0.15) is 97.8 Å². The second-order valence-corrected chi connectivity index (χ2v) is 10.5. The van der Waals surface area contributed by atoms with Gasteiger partial charge in [0.1, 0.15) is 17.3 Å². The average molecular weight is 437 g/mol. The number of ether oxygens (including phenoxy) is 3. The molecular formula is C25H40O6. The van der Waals surface area contributed by atoms with E-state index in [1.807, 2.05) is 0 Å². The zero-order chi connectivity index (χ0) is 22.5. The Kier molecular flexibility index (Phi) is 8.09. The first-order valence-electron chi connectivity index (χ1n) is 12.1. The number of carbonyl (C=O) groups is 3. The Bertz CT molecular complexity index is 573. The molecule has 0 aliphatic heterocycles. The van der Waals surface area contributed by atoms with E-state index in [2.05, 4.69) is 0 Å². The molecule has 4 aliphatic carbocycles. The highest BCUT2D eigenvalue weighted by molar-refractivity contribution is 5.75. The van der Waals surface area contributed by atoms with Crippen LogP contribution in [0.2, 0.25) is 0 Å². The van der Waals surface area contributed by atoms with Crippen LogP contribution in [0.5, 0.6) is 0 Å². The van der Waals surface area contributed by atoms with Gasteiger partial charge >= 0.3 is 0 Å². The molecular weight excluding hydrogens is 396 g/mol. The molecule has 4 rings (SSSR count). The average Bonchev–Trinajstić information content (AvgIpc) is 2.65. The van der Waals surface area contributed by atoms with Crippen molar-refractivity contribution in [2.75, 3.05) is 19.8 Å². The first-order valence-corrected chi connectivity index (χ1v) is 12.1. The molecule has 0 radical (unpaired) electrons. The van der Waals surface area contributed by atoms with Gasteiger partial charge < -0.3 is 28.6 Å². The summed E-state index contributed by atoms with van der Waals surface area (Å²) in [5, 5.41) is 0. The van der Waals surface area contributed by atoms with E-state index in [1.54, 1.807) is 20.8 Å². The van der Waals surface area contributed by atoms with Gasteiger partial charge in [-0.2, -0.15) is 0 Å². The lowest BCUT2D eigenvalue weighted by atomic mass is 9.50. The maximum absolute atomic E-state index is 11.3. The standard InChI is InChI=1S/C25H40O6/c1-19(26)7-4-10-29-23-13-22-14-24(16-23,30-11-5-8-20(2)27)18-25(15-22,17-23)31-12-6-9-21(3)28/h22H,4-18H2,1-3H3. The van der Waals surface area contributed by atoms with Crippen LogP contribution in [0.25, 0.3) is 0 Å². The van der Waals surface area contributed by atoms with Gasteiger partial charge in [0, 0.05) is 58.3 Å². The Morgan fingerprint density at radius 1 is 0.613 bits per heavy atom. The SMILES string of the molecule is CC(=O)CCCOC12CC3CC(OCCCC(C)=O)(C1)CC(OCCCC(C)=O)(C3)C2. The predicted octanol–water partition coefficient (Wildman–Crippen LogP) is 4.36. The molecule has 6 nitrogen and oxygen atoms in total. The summed E-state index contributed by atoms with van der Waals surface area (Å²) >= 11 is 0. The van der Waals surface area contributed by atoms with Crippen molar-refractivity contribution in [3.05, 3.63) is 0 Å². The van der Waals surface area contributed by atoms with Gasteiger partial charge in [-0.3, -0.25) is 0 Å². The van der Waals surface area contributed by atoms with Gasteiger partial charge in [-0.1, -0.05) is 0 Å². The molecule has 4 saturated carbocycles. The molecule has 4 fully saturated rings. The Balaban J connectivity index is 1.67. The molecule has 0 saturated heterocycles. The van der Waals surface area contributed by atoms with E-state index in [0.717, 1.165) is 57.8 Å². The molecule has 0 aromatic carbocycles. The minimum atomic E-state index is -0.253. The minimum absolute atomic E-state index is 0.199. The van der Waals surface area contributed by atoms with Crippen LogP contribution in [-0.4, -0.2) is 54.0 Å². The summed E-state index contributed by atoms with van der Waals surface area (Å²) < 4.78 is 19.5. The highest BCUT2D eigenvalue weighted by Crippen LogP contribution is 2.63. The van der Waals surface area contributed by atoms with E-state index in [4.69, 9.17) is 14.2 Å². The fraction of sp³-hybridized carbons (Fsp3) is 0.880. The van der Waals surface area contributed by atoms with Crippen LogP contribution >= 0.6 is 0 Å². The third kappa shape index (κ3) is 6.69. The van der Waals surface area contributed by atoms with Crippen molar-refractivity contribution in [1.29, 1.82) is 0 Å². The summed E-state index contributed by atoms with van der Waals surface area (Å²) in [4.78, 5) is 33.9. The molecule has 31 heavy (non-hydrogen) atoms. The van der Waals surface area contributed by atoms with Crippen molar-refractivity contribution in [1.82, 2.24) is 0 Å². The zero-order valence-electron chi connectivity index (χ0n) is 19.6. The maximum atomic E-state index is 11.3. The molecule has 0 N–H and O–H groups in total. The summed E-state index contributed by atoms with van der Waals surface area (Å²) in [6, 6.07) is 0. The molecule has 4 bridgehead atoms. The van der Waals surface area contributed by atoms with E-state index in [9.17, 15) is 14.4 Å². The minimum Gasteiger partial charge on any atom is -0.375 e. The molecule has 0 amide bonds. The molecule has 176 valence electrons. The van der Waals surface area contributed by atoms with Gasteiger partial charge in [0.15, 0.2) is 0 Å². The monoisotopic (exact) mass is 436 g/mol. The summed E-state index contributed by atoms with van der Waals surface area (Å²) in [7, 11) is 0. The number of hydrogen-bond acceptors (Lipinski definition) is 6. The lowest BCUT2D eigenvalue weighted by Crippen LogP contribution is -2.68. The van der Waals surface area contributed by atoms with Crippen LogP contribution in [0, 0.1) is 5.92 Å². The maximum Gasteiger partial charge on any atom is 0.129 e. The van der Waals surface area contributed by atoms with Gasteiger partial charge in [0.05, 0.1) is 16.8 Å². The Hall–Kier alpha value is -1.11. The Morgan fingerprint density at radius 2 is 0.903 bits per heavy atom. The number of rotatable bonds is 15. The molecule has 6 heteroatoms. The first kappa shape index (κ1) is 24.5. The lowest BCUT2D eigenvalue weighted by molar-refractivity contribution is -0.291. The quantitative estimate of drug-likeness (QED) is 0.355. The van der Waals surface area contributed by atoms with E-state index in [1.165, 1.54) is 0 Å². The summed E-state index contributed by atoms with van der Waals surface area (Å²) in [6.07, 6.45) is 9.62. The smallest absolute Gasteiger partial charge is 0.129 e. The predicted molar refractivity (Wildman–Crippen MR) is 117 cm³/mol. The van der Waals surface area contributed by atoms with Crippen molar-refractivity contribution in [3.8, 4) is 0 Å². The van der Waals surface area contributed by atoms with Crippen molar-refractivity contribution in [3.63, 3.8) is 0 Å². The van der Waals surface area contributed by atoms with Gasteiger partial charge in [-0.15, -0.1) is 0 Å². The normalized spacial score (nSPS) is 33.6. The lowest BCUT2D eigenvalue weighted by Gasteiger charge is -2.65. The van der Waals surface area contributed by atoms with Crippen LogP contribution in [0.15, 0.2) is 0 Å². The van der Waals surface area contributed by atoms with E-state index in [0.29, 0.717) is 45.0 Å². The molecule has 0 spiro atoms. The molecule has 0 aromatic heterocycles. The van der Waals surface area contributed by atoms with Crippen LogP contribution in [0.3, 0.4) is 0 Å². The Labute approximate surface area is 186 Å². The van der Waals surface area contributed by atoms with Crippen LogP contribution in [0.4, 0.5) is 0 Å². The van der Waals surface area contributed by atoms with Gasteiger partial charge in [0.2, 0.25) is 0 Å². The summed E-state index contributed by atoms with van der Waals surface area (Å²) in [6.45, 7) is 6.64. The highest BCUT2D eigenvalue weighted by atomic mass is 16.5. The summed E-state index contributed by atoms with van der Waals surface area (Å²) in [5.41, 5.74) is -0.758. The van der Waals surface area contributed by atoms with E-state index < -0.39 is 0 Å². The molecule has 4 aliphatic rings. The zero-order valence-corrected chi connectivity index (χ0v) is 19.6. The molecule has 0 atom stereocenters. The third-order valence-corrected chi connectivity index (χ3v) is 7.16. The fourth-order valence-electron chi connectivity index (χ4n) is 6.49. The first-order chi connectivity index (χ1) is 14.7. The molecule has 0 unspecified atom stereocenters. The second kappa shape index (κ2) is 10.2. The molecule has 0 heterocycles. The molecule has 0 aromatic rings. The van der Waals surface area contributed by atoms with E-state index in [-0.39, 0.29) is 34.2 Å². The Morgan fingerprint density at radius 3 is 1.16 bits per heavy atom. The van der Waals surface area contributed by atoms with Crippen molar-refractivity contribution < 1.29 is 28.6 Å². The van der Waals surface area contributed by atoms with E-state index >= 15 is 0 Å². The van der Waals surface area contributed by atoms with Crippen LogP contribution in [-0.2, 0) is 28.6 Å². The number of ketones is 3. The largest absolute Gasteiger partial charge is 0.375 e.